The van der Waals surface area contributed by atoms with Crippen molar-refractivity contribution in [2.75, 3.05) is 13.7 Å². The maximum absolute atomic E-state index is 6.21. The largest absolute Gasteiger partial charge is 0.497 e. The van der Waals surface area contributed by atoms with Crippen LogP contribution in [0.15, 0.2) is 48.5 Å². The molecule has 6 heteroatoms. The monoisotopic (exact) mass is 390 g/mol. The van der Waals surface area contributed by atoms with Gasteiger partial charge in [0.2, 0.25) is 3.79 Å². The number of benzene rings is 2. The van der Waals surface area contributed by atoms with Gasteiger partial charge in [0, 0.05) is 0 Å². The molecule has 1 unspecified atom stereocenters. The summed E-state index contributed by atoms with van der Waals surface area (Å²) in [5, 5.41) is 0. The Bertz CT molecular complexity index is 595. The van der Waals surface area contributed by atoms with Crippen molar-refractivity contribution in [1.29, 1.82) is 0 Å². The van der Waals surface area contributed by atoms with Crippen LogP contribution in [0.2, 0.25) is 0 Å². The van der Waals surface area contributed by atoms with Gasteiger partial charge >= 0.3 is 0 Å². The SMILES string of the molecule is CCOc1ccc(C(c2ccc(OC)cc2)C(Cl)(Cl)Cl)cc1.[SiH4]. The third kappa shape index (κ3) is 5.32. The fourth-order valence-electron chi connectivity index (χ4n) is 2.29. The third-order valence-electron chi connectivity index (χ3n) is 3.30. The molecule has 2 nitrogen and oxygen atoms in total. The second-order valence-corrected chi connectivity index (χ2v) is 7.12. The quantitative estimate of drug-likeness (QED) is 0.563. The molecule has 0 saturated heterocycles. The second-order valence-electron chi connectivity index (χ2n) is 4.75. The molecule has 0 saturated carbocycles. The summed E-state index contributed by atoms with van der Waals surface area (Å²) >= 11 is 18.6. The van der Waals surface area contributed by atoms with Gasteiger partial charge in [-0.1, -0.05) is 59.1 Å². The van der Waals surface area contributed by atoms with Gasteiger partial charge in [0.15, 0.2) is 0 Å². The van der Waals surface area contributed by atoms with Crippen LogP contribution in [0.5, 0.6) is 11.5 Å². The van der Waals surface area contributed by atoms with Crippen molar-refractivity contribution in [3.8, 4) is 11.5 Å². The van der Waals surface area contributed by atoms with Crippen molar-refractivity contribution in [1.82, 2.24) is 0 Å². The number of halogens is 3. The maximum atomic E-state index is 6.21. The molecule has 0 heterocycles. The van der Waals surface area contributed by atoms with Crippen molar-refractivity contribution in [3.05, 3.63) is 59.7 Å². The highest BCUT2D eigenvalue weighted by atomic mass is 35.6. The highest BCUT2D eigenvalue weighted by Crippen LogP contribution is 2.46. The molecule has 0 aliphatic heterocycles. The molecule has 1 atom stereocenters. The highest BCUT2D eigenvalue weighted by Gasteiger charge is 2.35. The van der Waals surface area contributed by atoms with Gasteiger partial charge in [-0.2, -0.15) is 0 Å². The van der Waals surface area contributed by atoms with Crippen LogP contribution in [0.3, 0.4) is 0 Å². The molecule has 0 N–H and O–H groups in total. The van der Waals surface area contributed by atoms with E-state index < -0.39 is 3.79 Å². The van der Waals surface area contributed by atoms with Crippen LogP contribution in [0.25, 0.3) is 0 Å². The van der Waals surface area contributed by atoms with Crippen LogP contribution in [0.4, 0.5) is 0 Å². The summed E-state index contributed by atoms with van der Waals surface area (Å²) in [6.07, 6.45) is 0. The molecule has 23 heavy (non-hydrogen) atoms. The Hall–Kier alpha value is -0.873. The van der Waals surface area contributed by atoms with Gasteiger partial charge in [0.05, 0.1) is 19.6 Å². The fourth-order valence-corrected chi connectivity index (χ4v) is 3.05. The molecule has 0 radical (unpaired) electrons. The average molecular weight is 392 g/mol. The second kappa shape index (κ2) is 8.83. The minimum atomic E-state index is -1.46. The Labute approximate surface area is 156 Å². The summed E-state index contributed by atoms with van der Waals surface area (Å²) in [7, 11) is 1.62. The summed E-state index contributed by atoms with van der Waals surface area (Å²) in [5.41, 5.74) is 1.82. The van der Waals surface area contributed by atoms with Crippen LogP contribution in [0, 0.1) is 0 Å². The van der Waals surface area contributed by atoms with E-state index in [1.54, 1.807) is 7.11 Å². The molecule has 2 aromatic carbocycles. The molecule has 0 aliphatic carbocycles. The summed E-state index contributed by atoms with van der Waals surface area (Å²) in [6, 6.07) is 15.1. The number of alkyl halides is 3. The van der Waals surface area contributed by atoms with Gasteiger partial charge < -0.3 is 9.47 Å². The zero-order chi connectivity index (χ0) is 16.2. The third-order valence-corrected chi connectivity index (χ3v) is 3.96. The molecular formula is C17H21Cl3O2Si. The smallest absolute Gasteiger partial charge is 0.201 e. The molecular weight excluding hydrogens is 371 g/mol. The molecule has 0 amide bonds. The fraction of sp³-hybridized carbons (Fsp3) is 0.294. The maximum Gasteiger partial charge on any atom is 0.201 e. The molecule has 0 spiro atoms. The van der Waals surface area contributed by atoms with Crippen molar-refractivity contribution in [3.63, 3.8) is 0 Å². The Morgan fingerprint density at radius 3 is 1.65 bits per heavy atom. The van der Waals surface area contributed by atoms with E-state index >= 15 is 0 Å². The summed E-state index contributed by atoms with van der Waals surface area (Å²) < 4.78 is 9.16. The molecule has 126 valence electrons. The first-order valence-electron chi connectivity index (χ1n) is 6.89. The molecule has 0 fully saturated rings. The lowest BCUT2D eigenvalue weighted by atomic mass is 9.92. The minimum Gasteiger partial charge on any atom is -0.497 e. The van der Waals surface area contributed by atoms with Crippen LogP contribution in [0.1, 0.15) is 24.0 Å². The van der Waals surface area contributed by atoms with Crippen LogP contribution in [-0.2, 0) is 0 Å². The van der Waals surface area contributed by atoms with E-state index in [2.05, 4.69) is 0 Å². The normalized spacial score (nSPS) is 12.2. The Kier molecular flexibility index (Phi) is 7.75. The van der Waals surface area contributed by atoms with E-state index in [-0.39, 0.29) is 16.9 Å². The van der Waals surface area contributed by atoms with Gasteiger partial charge in [-0.05, 0) is 53.3 Å². The summed E-state index contributed by atoms with van der Waals surface area (Å²) in [4.78, 5) is 0. The molecule has 2 aromatic rings. The Morgan fingerprint density at radius 2 is 1.30 bits per heavy atom. The molecule has 2 rings (SSSR count). The average Bonchev–Trinajstić information content (AvgIpc) is 2.49. The van der Waals surface area contributed by atoms with E-state index in [9.17, 15) is 0 Å². The first-order chi connectivity index (χ1) is 10.5. The highest BCUT2D eigenvalue weighted by molar-refractivity contribution is 6.68. The molecule has 0 bridgehead atoms. The lowest BCUT2D eigenvalue weighted by molar-refractivity contribution is 0.340. The number of ether oxygens (including phenoxy) is 2. The van der Waals surface area contributed by atoms with Gasteiger partial charge in [0.25, 0.3) is 0 Å². The van der Waals surface area contributed by atoms with E-state index in [1.165, 1.54) is 0 Å². The summed E-state index contributed by atoms with van der Waals surface area (Å²) in [6.45, 7) is 2.56. The van der Waals surface area contributed by atoms with E-state index in [4.69, 9.17) is 44.3 Å². The number of hydrogen-bond acceptors (Lipinski definition) is 2. The number of methoxy groups -OCH3 is 1. The van der Waals surface area contributed by atoms with Crippen LogP contribution in [-0.4, -0.2) is 28.5 Å². The molecule has 0 aliphatic rings. The first kappa shape index (κ1) is 20.2. The predicted molar refractivity (Wildman–Crippen MR) is 104 cm³/mol. The van der Waals surface area contributed by atoms with E-state index in [1.807, 2.05) is 55.5 Å². The zero-order valence-corrected chi connectivity index (χ0v) is 14.6. The molecule has 0 aromatic heterocycles. The predicted octanol–water partition coefficient (Wildman–Crippen LogP) is 4.14. The van der Waals surface area contributed by atoms with Crippen molar-refractivity contribution < 1.29 is 9.47 Å². The van der Waals surface area contributed by atoms with Gasteiger partial charge in [-0.25, -0.2) is 0 Å². The Morgan fingerprint density at radius 1 is 0.870 bits per heavy atom. The van der Waals surface area contributed by atoms with Crippen LogP contribution < -0.4 is 9.47 Å². The number of hydrogen-bond donors (Lipinski definition) is 0. The van der Waals surface area contributed by atoms with Crippen molar-refractivity contribution in [2.24, 2.45) is 0 Å². The van der Waals surface area contributed by atoms with Crippen molar-refractivity contribution in [2.45, 2.75) is 16.6 Å². The van der Waals surface area contributed by atoms with Gasteiger partial charge in [-0.15, -0.1) is 0 Å². The van der Waals surface area contributed by atoms with E-state index in [0.717, 1.165) is 22.6 Å². The lowest BCUT2D eigenvalue weighted by Gasteiger charge is -2.25. The first-order valence-corrected chi connectivity index (χ1v) is 8.02. The van der Waals surface area contributed by atoms with Gasteiger partial charge in [0.1, 0.15) is 11.5 Å². The topological polar surface area (TPSA) is 18.5 Å². The standard InChI is InChI=1S/C17H17Cl3O2.H4Si/c1-3-22-15-10-6-13(7-11-15)16(17(18,19)20)12-4-8-14(21-2)9-5-12;/h4-11,16H,3H2,1-2H3;1H4. The zero-order valence-electron chi connectivity index (χ0n) is 12.4. The lowest BCUT2D eigenvalue weighted by Crippen LogP contribution is -2.18. The number of rotatable bonds is 5. The van der Waals surface area contributed by atoms with Crippen LogP contribution >= 0.6 is 34.8 Å². The Balaban J connectivity index is 0.00000264. The van der Waals surface area contributed by atoms with Crippen molar-refractivity contribution >= 4 is 45.8 Å². The van der Waals surface area contributed by atoms with E-state index in [0.29, 0.717) is 6.61 Å². The van der Waals surface area contributed by atoms with Gasteiger partial charge in [-0.3, -0.25) is 0 Å². The summed E-state index contributed by atoms with van der Waals surface area (Å²) in [5.74, 6) is 1.18. The minimum absolute atomic E-state index is 0.